The number of furan rings is 2. The van der Waals surface area contributed by atoms with Crippen molar-refractivity contribution in [1.82, 2.24) is 9.99 Å². The number of allylic oxidation sites excluding steroid dienone is 1. The van der Waals surface area contributed by atoms with Gasteiger partial charge in [-0.2, -0.15) is 5.10 Å². The molecule has 0 spiro atoms. The maximum Gasteiger partial charge on any atom is 0.406 e. The summed E-state index contributed by atoms with van der Waals surface area (Å²) in [5, 5.41) is 17.2. The highest BCUT2D eigenvalue weighted by molar-refractivity contribution is 6.08. The lowest BCUT2D eigenvalue weighted by atomic mass is 9.79. The zero-order chi connectivity index (χ0) is 22.8. The average molecular weight is 448 g/mol. The lowest BCUT2D eigenvalue weighted by Crippen LogP contribution is -2.34. The minimum atomic E-state index is -0.651. The third-order valence-corrected chi connectivity index (χ3v) is 5.73. The largest absolute Gasteiger partial charge is 0.475 e. The molecule has 3 aromatic heterocycles. The summed E-state index contributed by atoms with van der Waals surface area (Å²) in [6.07, 6.45) is 9.03. The van der Waals surface area contributed by atoms with Crippen LogP contribution in [-0.4, -0.2) is 33.1 Å². The van der Waals surface area contributed by atoms with Gasteiger partial charge in [0.15, 0.2) is 6.61 Å². The highest BCUT2D eigenvalue weighted by Gasteiger charge is 2.45. The van der Waals surface area contributed by atoms with Gasteiger partial charge in [-0.3, -0.25) is 4.79 Å². The summed E-state index contributed by atoms with van der Waals surface area (Å²) in [6, 6.07) is 9.77. The Kier molecular flexibility index (Phi) is 5.47. The number of hydrogen-bond donors (Lipinski definition) is 0. The zero-order valence-electron chi connectivity index (χ0n) is 17.5. The van der Waals surface area contributed by atoms with E-state index in [0.29, 0.717) is 5.76 Å². The fourth-order valence-electron chi connectivity index (χ4n) is 4.33. The number of ether oxygens (including phenoxy) is 1. The summed E-state index contributed by atoms with van der Waals surface area (Å²) in [5.41, 5.74) is 1.83. The molecule has 2 atom stereocenters. The van der Waals surface area contributed by atoms with E-state index in [0.717, 1.165) is 36.3 Å². The molecule has 0 aromatic carbocycles. The maximum absolute atomic E-state index is 13.2. The van der Waals surface area contributed by atoms with E-state index in [-0.39, 0.29) is 11.7 Å². The maximum atomic E-state index is 13.2. The summed E-state index contributed by atoms with van der Waals surface area (Å²) in [5.74, 6) is 0.348. The van der Waals surface area contributed by atoms with Gasteiger partial charge in [-0.1, -0.05) is 0 Å². The molecule has 0 radical (unpaired) electrons. The van der Waals surface area contributed by atoms with E-state index < -0.39 is 29.3 Å². The first-order valence-corrected chi connectivity index (χ1v) is 10.5. The highest BCUT2D eigenvalue weighted by Crippen LogP contribution is 2.44. The van der Waals surface area contributed by atoms with Gasteiger partial charge in [0.2, 0.25) is 5.75 Å². The van der Waals surface area contributed by atoms with Crippen LogP contribution in [0, 0.1) is 16.0 Å². The van der Waals surface area contributed by atoms with Crippen LogP contribution in [-0.2, 0) is 4.79 Å². The number of fused-ring (bicyclic) bond motifs is 1. The van der Waals surface area contributed by atoms with Crippen LogP contribution in [0.15, 0.2) is 74.6 Å². The molecule has 10 heteroatoms. The Morgan fingerprint density at radius 3 is 2.85 bits per heavy atom. The van der Waals surface area contributed by atoms with Crippen molar-refractivity contribution < 1.29 is 23.3 Å². The molecular weight excluding hydrogens is 428 g/mol. The Morgan fingerprint density at radius 2 is 2.09 bits per heavy atom. The topological polar surface area (TPSA) is 124 Å². The zero-order valence-corrected chi connectivity index (χ0v) is 17.5. The molecule has 10 nitrogen and oxygen atoms in total. The number of carbonyl (C=O) groups is 1. The highest BCUT2D eigenvalue weighted by atomic mass is 16.6. The van der Waals surface area contributed by atoms with Crippen LogP contribution in [0.4, 0.5) is 5.82 Å². The molecule has 33 heavy (non-hydrogen) atoms. The van der Waals surface area contributed by atoms with Gasteiger partial charge in [0.25, 0.3) is 5.91 Å². The van der Waals surface area contributed by atoms with Crippen molar-refractivity contribution in [2.24, 2.45) is 11.0 Å². The number of rotatable bonds is 6. The number of carbonyl (C=O) groups excluding carboxylic acids is 1. The molecule has 5 rings (SSSR count). The van der Waals surface area contributed by atoms with E-state index in [1.54, 1.807) is 18.6 Å². The molecule has 1 saturated carbocycles. The van der Waals surface area contributed by atoms with Gasteiger partial charge in [-0.05, 0) is 77.2 Å². The van der Waals surface area contributed by atoms with Crippen molar-refractivity contribution in [2.75, 3.05) is 6.61 Å². The third-order valence-electron chi connectivity index (χ3n) is 5.73. The molecule has 168 valence electrons. The van der Waals surface area contributed by atoms with E-state index in [2.05, 4.69) is 10.1 Å². The van der Waals surface area contributed by atoms with E-state index in [1.165, 1.54) is 23.3 Å². The molecular formula is C23H20N4O6. The lowest BCUT2D eigenvalue weighted by molar-refractivity contribution is -0.390. The first-order valence-electron chi connectivity index (χ1n) is 10.5. The van der Waals surface area contributed by atoms with Crippen molar-refractivity contribution in [3.63, 3.8) is 0 Å². The Hall–Kier alpha value is -4.21. The Morgan fingerprint density at radius 1 is 1.24 bits per heavy atom. The molecule has 1 fully saturated rings. The monoisotopic (exact) mass is 448 g/mol. The van der Waals surface area contributed by atoms with Crippen molar-refractivity contribution in [3.05, 3.63) is 82.3 Å². The standard InChI is InChI=1S/C23H20N4O6/c28-20(14-33-19-8-2-10-24-23(19)27(29)30)26-22(18-9-4-12-32-18)17-7-1-5-15(21(17)25-26)13-16-6-3-11-31-16/h2-4,6,8-13,17,22H,1,5,7,14H2. The predicted octanol–water partition coefficient (Wildman–Crippen LogP) is 4.38. The second-order valence-corrected chi connectivity index (χ2v) is 7.74. The van der Waals surface area contributed by atoms with E-state index in [4.69, 9.17) is 13.6 Å². The van der Waals surface area contributed by atoms with Crippen LogP contribution < -0.4 is 4.74 Å². The van der Waals surface area contributed by atoms with Gasteiger partial charge in [0.1, 0.15) is 23.8 Å². The second kappa shape index (κ2) is 8.73. The molecule has 2 unspecified atom stereocenters. The molecule has 0 saturated heterocycles. The van der Waals surface area contributed by atoms with E-state index in [1.807, 2.05) is 24.3 Å². The minimum Gasteiger partial charge on any atom is -0.475 e. The summed E-state index contributed by atoms with van der Waals surface area (Å²) < 4.78 is 16.6. The van der Waals surface area contributed by atoms with Crippen LogP contribution in [0.25, 0.3) is 6.08 Å². The molecule has 1 amide bonds. The number of hydrogen-bond acceptors (Lipinski definition) is 8. The Labute approximate surface area is 188 Å². The quantitative estimate of drug-likeness (QED) is 0.405. The Bertz CT molecular complexity index is 1220. The van der Waals surface area contributed by atoms with E-state index in [9.17, 15) is 14.9 Å². The van der Waals surface area contributed by atoms with Gasteiger partial charge in [-0.15, -0.1) is 0 Å². The molecule has 0 bridgehead atoms. The summed E-state index contributed by atoms with van der Waals surface area (Å²) in [7, 11) is 0. The Balaban J connectivity index is 1.43. The van der Waals surface area contributed by atoms with Gasteiger partial charge in [0, 0.05) is 5.92 Å². The van der Waals surface area contributed by atoms with Gasteiger partial charge in [0.05, 0.1) is 18.2 Å². The number of pyridine rings is 1. The smallest absolute Gasteiger partial charge is 0.406 e. The molecule has 4 heterocycles. The van der Waals surface area contributed by atoms with Crippen LogP contribution >= 0.6 is 0 Å². The number of nitrogens with zero attached hydrogens (tertiary/aromatic N) is 4. The van der Waals surface area contributed by atoms with Gasteiger partial charge >= 0.3 is 5.82 Å². The van der Waals surface area contributed by atoms with Crippen molar-refractivity contribution >= 4 is 23.5 Å². The fourth-order valence-corrected chi connectivity index (χ4v) is 4.33. The van der Waals surface area contributed by atoms with Crippen molar-refractivity contribution in [2.45, 2.75) is 25.3 Å². The van der Waals surface area contributed by atoms with Gasteiger partial charge < -0.3 is 23.7 Å². The average Bonchev–Trinajstić information content (AvgIpc) is 3.58. The molecule has 1 aliphatic heterocycles. The predicted molar refractivity (Wildman–Crippen MR) is 116 cm³/mol. The third kappa shape index (κ3) is 4.02. The summed E-state index contributed by atoms with van der Waals surface area (Å²) in [6.45, 7) is -0.426. The van der Waals surface area contributed by atoms with Crippen LogP contribution in [0.3, 0.4) is 0 Å². The second-order valence-electron chi connectivity index (χ2n) is 7.74. The molecule has 3 aromatic rings. The lowest BCUT2D eigenvalue weighted by Gasteiger charge is -2.27. The van der Waals surface area contributed by atoms with Crippen LogP contribution in [0.2, 0.25) is 0 Å². The summed E-state index contributed by atoms with van der Waals surface area (Å²) in [4.78, 5) is 27.4. The number of hydrazone groups is 1. The number of amides is 1. The first kappa shape index (κ1) is 20.7. The molecule has 0 N–H and O–H groups in total. The van der Waals surface area contributed by atoms with E-state index >= 15 is 0 Å². The SMILES string of the molecule is O=C(COc1cccnc1[N+](=O)[O-])N1N=C2C(=Cc3ccco3)CCCC2C1c1ccco1. The first-order chi connectivity index (χ1) is 16.1. The van der Waals surface area contributed by atoms with Crippen molar-refractivity contribution in [1.29, 1.82) is 0 Å². The normalized spacial score (nSPS) is 21.0. The van der Waals surface area contributed by atoms with Crippen LogP contribution in [0.5, 0.6) is 5.75 Å². The molecule has 1 aliphatic carbocycles. The summed E-state index contributed by atoms with van der Waals surface area (Å²) >= 11 is 0. The van der Waals surface area contributed by atoms with Gasteiger partial charge in [-0.25, -0.2) is 5.01 Å². The van der Waals surface area contributed by atoms with Crippen LogP contribution in [0.1, 0.15) is 36.8 Å². The fraction of sp³-hybridized carbons (Fsp3) is 0.261. The molecule has 2 aliphatic rings. The number of aromatic nitrogens is 1. The number of nitro groups is 1. The van der Waals surface area contributed by atoms with Crippen molar-refractivity contribution in [3.8, 4) is 5.75 Å². The minimum absolute atomic E-state index is 0.0391.